The largest absolute Gasteiger partial charge is 0.491 e. The number of carbonyl (C=O) groups is 2. The lowest BCUT2D eigenvalue weighted by molar-refractivity contribution is -0.106. The van der Waals surface area contributed by atoms with Gasteiger partial charge in [-0.15, -0.1) is 0 Å². The van der Waals surface area contributed by atoms with E-state index in [1.807, 2.05) is 29.7 Å². The van der Waals surface area contributed by atoms with E-state index in [1.165, 1.54) is 4.90 Å². The third-order valence-electron chi connectivity index (χ3n) is 4.34. The molecule has 4 rings (SSSR count). The molecule has 2 aromatic rings. The number of fused-ring (bicyclic) bond motifs is 3. The lowest BCUT2D eigenvalue weighted by Crippen LogP contribution is -2.35. The molecule has 1 aromatic carbocycles. The summed E-state index contributed by atoms with van der Waals surface area (Å²) in [5.41, 5.74) is 5.98. The van der Waals surface area contributed by atoms with Crippen LogP contribution >= 0.6 is 0 Å². The monoisotopic (exact) mass is 391 g/mol. The first-order valence-corrected chi connectivity index (χ1v) is 8.88. The van der Waals surface area contributed by atoms with E-state index in [2.05, 4.69) is 16.0 Å². The van der Waals surface area contributed by atoms with Crippen molar-refractivity contribution in [2.45, 2.75) is 19.5 Å². The molecule has 0 saturated carbocycles. The summed E-state index contributed by atoms with van der Waals surface area (Å²) in [6.45, 7) is 3.31. The Labute approximate surface area is 161 Å². The quantitative estimate of drug-likeness (QED) is 0.769. The van der Waals surface area contributed by atoms with Gasteiger partial charge in [0, 0.05) is 24.5 Å². The van der Waals surface area contributed by atoms with Crippen LogP contribution < -0.4 is 20.7 Å². The zero-order chi connectivity index (χ0) is 20.1. The lowest BCUT2D eigenvalue weighted by atomic mass is 10.1. The van der Waals surface area contributed by atoms with Gasteiger partial charge >= 0.3 is 6.09 Å². The third-order valence-corrected chi connectivity index (χ3v) is 4.34. The molecule has 2 aliphatic rings. The number of primary amides is 1. The van der Waals surface area contributed by atoms with Gasteiger partial charge in [0.1, 0.15) is 37.5 Å². The molecular formula is C18H22FN5O4. The summed E-state index contributed by atoms with van der Waals surface area (Å²) < 4.78 is 25.9. The fourth-order valence-electron chi connectivity index (χ4n) is 3.15. The molecule has 1 aromatic heterocycles. The Hall–Kier alpha value is -3.30. The van der Waals surface area contributed by atoms with Gasteiger partial charge in [-0.3, -0.25) is 9.69 Å². The smallest absolute Gasteiger partial charge is 0.416 e. The second-order valence-corrected chi connectivity index (χ2v) is 6.10. The molecule has 3 N–H and O–H groups in total. The molecule has 9 nitrogen and oxygen atoms in total. The summed E-state index contributed by atoms with van der Waals surface area (Å²) in [6, 6.07) is 5.22. The predicted octanol–water partition coefficient (Wildman–Crippen LogP) is 1.77. The number of ether oxygens (including phenoxy) is 2. The normalized spacial score (nSPS) is 17.3. The summed E-state index contributed by atoms with van der Waals surface area (Å²) in [4.78, 5) is 26.4. The zero-order valence-corrected chi connectivity index (χ0v) is 15.4. The number of anilines is 2. The standard InChI is InChI=1S/C17H19FN4O3.CH3NO/c1-2-19-11-3-4-13-14(7-11)24-6-5-21-9-15(20-16(13)21)22-12(8-18)10-25-17(22)23;2-1-3/h3-4,7,9,12,19H,2,5-6,8,10H2,1H3;1H,(H2,2,3)/t12-;/m1./s1. The van der Waals surface area contributed by atoms with Crippen molar-refractivity contribution in [3.63, 3.8) is 0 Å². The fourth-order valence-corrected chi connectivity index (χ4v) is 3.15. The van der Waals surface area contributed by atoms with E-state index in [0.717, 1.165) is 23.5 Å². The first kappa shape index (κ1) is 19.5. The van der Waals surface area contributed by atoms with Gasteiger partial charge in [0.2, 0.25) is 6.41 Å². The average molecular weight is 391 g/mol. The van der Waals surface area contributed by atoms with Crippen molar-refractivity contribution in [3.05, 3.63) is 24.4 Å². The van der Waals surface area contributed by atoms with Gasteiger partial charge in [-0.2, -0.15) is 0 Å². The molecule has 0 aliphatic carbocycles. The molecular weight excluding hydrogens is 369 g/mol. The molecule has 150 valence electrons. The number of benzene rings is 1. The summed E-state index contributed by atoms with van der Waals surface area (Å²) in [7, 11) is 0. The molecule has 0 bridgehead atoms. The summed E-state index contributed by atoms with van der Waals surface area (Å²) in [5, 5.41) is 3.25. The first-order chi connectivity index (χ1) is 13.6. The Morgan fingerprint density at radius 3 is 2.93 bits per heavy atom. The van der Waals surface area contributed by atoms with Crippen LogP contribution in [-0.4, -0.2) is 54.5 Å². The minimum absolute atomic E-state index is 0.0449. The maximum Gasteiger partial charge on any atom is 0.416 e. The number of hydrogen-bond acceptors (Lipinski definition) is 6. The van der Waals surface area contributed by atoms with E-state index >= 15 is 0 Å². The van der Waals surface area contributed by atoms with Crippen molar-refractivity contribution in [1.82, 2.24) is 9.55 Å². The van der Waals surface area contributed by atoms with E-state index in [0.29, 0.717) is 24.8 Å². The number of nitrogens with zero attached hydrogens (tertiary/aromatic N) is 3. The van der Waals surface area contributed by atoms with Crippen LogP contribution in [-0.2, 0) is 16.1 Å². The van der Waals surface area contributed by atoms with Crippen molar-refractivity contribution in [2.24, 2.45) is 5.73 Å². The van der Waals surface area contributed by atoms with Crippen LogP contribution in [0.5, 0.6) is 5.75 Å². The van der Waals surface area contributed by atoms with Crippen LogP contribution in [0.4, 0.5) is 20.7 Å². The summed E-state index contributed by atoms with van der Waals surface area (Å²) in [6.07, 6.45) is 1.44. The second-order valence-electron chi connectivity index (χ2n) is 6.10. The van der Waals surface area contributed by atoms with Crippen molar-refractivity contribution in [2.75, 3.05) is 36.6 Å². The highest BCUT2D eigenvalue weighted by Gasteiger charge is 2.36. The summed E-state index contributed by atoms with van der Waals surface area (Å²) in [5.74, 6) is 1.84. The van der Waals surface area contributed by atoms with E-state index in [4.69, 9.17) is 14.3 Å². The van der Waals surface area contributed by atoms with Crippen molar-refractivity contribution in [1.29, 1.82) is 0 Å². The van der Waals surface area contributed by atoms with Crippen LogP contribution in [0.15, 0.2) is 24.4 Å². The van der Waals surface area contributed by atoms with Crippen molar-refractivity contribution >= 4 is 24.0 Å². The summed E-state index contributed by atoms with van der Waals surface area (Å²) >= 11 is 0. The van der Waals surface area contributed by atoms with Gasteiger partial charge in [-0.1, -0.05) is 0 Å². The highest BCUT2D eigenvalue weighted by molar-refractivity contribution is 5.89. The molecule has 0 spiro atoms. The molecule has 1 fully saturated rings. The van der Waals surface area contributed by atoms with E-state index in [1.54, 1.807) is 6.20 Å². The number of alkyl halides is 1. The predicted molar refractivity (Wildman–Crippen MR) is 101 cm³/mol. The Morgan fingerprint density at radius 2 is 2.21 bits per heavy atom. The molecule has 3 heterocycles. The van der Waals surface area contributed by atoms with E-state index in [-0.39, 0.29) is 13.0 Å². The Bertz CT molecular complexity index is 856. The molecule has 10 heteroatoms. The van der Waals surface area contributed by atoms with E-state index in [9.17, 15) is 9.18 Å². The minimum atomic E-state index is -0.667. The van der Waals surface area contributed by atoms with E-state index < -0.39 is 18.8 Å². The highest BCUT2D eigenvalue weighted by atomic mass is 19.1. The average Bonchev–Trinajstić information content (AvgIpc) is 3.21. The molecule has 2 aliphatic heterocycles. The topological polar surface area (TPSA) is 112 Å². The molecule has 28 heavy (non-hydrogen) atoms. The van der Waals surface area contributed by atoms with Crippen LogP contribution in [0.3, 0.4) is 0 Å². The number of nitrogens with two attached hydrogens (primary N) is 1. The van der Waals surface area contributed by atoms with Gasteiger partial charge in [-0.25, -0.2) is 14.2 Å². The molecule has 2 amide bonds. The Kier molecular flexibility index (Phi) is 5.97. The number of imidazole rings is 1. The zero-order valence-electron chi connectivity index (χ0n) is 15.4. The fraction of sp³-hybridized carbons (Fsp3) is 0.389. The van der Waals surface area contributed by atoms with Gasteiger partial charge in [0.25, 0.3) is 0 Å². The number of aromatic nitrogens is 2. The number of nitrogens with one attached hydrogen (secondary N) is 1. The Morgan fingerprint density at radius 1 is 1.43 bits per heavy atom. The first-order valence-electron chi connectivity index (χ1n) is 8.88. The molecule has 0 radical (unpaired) electrons. The highest BCUT2D eigenvalue weighted by Crippen LogP contribution is 2.36. The van der Waals surface area contributed by atoms with Crippen molar-refractivity contribution < 1.29 is 23.5 Å². The Balaban J connectivity index is 0.000000706. The van der Waals surface area contributed by atoms with Gasteiger partial charge in [0.15, 0.2) is 5.82 Å². The minimum Gasteiger partial charge on any atom is -0.491 e. The SMILES string of the molecule is CCNc1ccc2c(c1)OCCn1cc(N3C(=O)OC[C@H]3CF)nc1-2.NC=O. The van der Waals surface area contributed by atoms with Crippen LogP contribution in [0.25, 0.3) is 11.4 Å². The molecule has 1 saturated heterocycles. The number of rotatable bonds is 4. The van der Waals surface area contributed by atoms with Gasteiger partial charge in [-0.05, 0) is 19.1 Å². The van der Waals surface area contributed by atoms with Gasteiger partial charge in [0.05, 0.1) is 12.1 Å². The third kappa shape index (κ3) is 3.71. The maximum atomic E-state index is 13.2. The maximum absolute atomic E-state index is 13.2. The number of hydrogen-bond donors (Lipinski definition) is 2. The second kappa shape index (κ2) is 8.59. The number of amides is 2. The molecule has 0 unspecified atom stereocenters. The lowest BCUT2D eigenvalue weighted by Gasteiger charge is -2.15. The number of carbonyl (C=O) groups excluding carboxylic acids is 2. The van der Waals surface area contributed by atoms with Crippen LogP contribution in [0.2, 0.25) is 0 Å². The number of halogens is 1. The van der Waals surface area contributed by atoms with Gasteiger partial charge < -0.3 is 25.1 Å². The van der Waals surface area contributed by atoms with Crippen molar-refractivity contribution in [3.8, 4) is 17.1 Å². The number of cyclic esters (lactones) is 1. The van der Waals surface area contributed by atoms with Crippen LogP contribution in [0, 0.1) is 0 Å². The molecule has 1 atom stereocenters. The van der Waals surface area contributed by atoms with Crippen LogP contribution in [0.1, 0.15) is 6.92 Å².